The molecule has 42 heavy (non-hydrogen) atoms. The van der Waals surface area contributed by atoms with E-state index in [0.29, 0.717) is 33.7 Å². The monoisotopic (exact) mass is 596 g/mol. The van der Waals surface area contributed by atoms with E-state index in [9.17, 15) is 14.4 Å². The first-order valence-electron chi connectivity index (χ1n) is 13.7. The molecule has 5 aromatic rings. The van der Waals surface area contributed by atoms with Crippen LogP contribution < -0.4 is 15.2 Å². The lowest BCUT2D eigenvalue weighted by atomic mass is 9.84. The van der Waals surface area contributed by atoms with Crippen molar-refractivity contribution >= 4 is 56.5 Å². The predicted octanol–water partition coefficient (Wildman–Crippen LogP) is 6.32. The fourth-order valence-electron chi connectivity index (χ4n) is 6.00. The molecule has 0 radical (unpaired) electrons. The Balaban J connectivity index is 1.54. The van der Waals surface area contributed by atoms with Gasteiger partial charge in [0.05, 0.1) is 23.2 Å². The van der Waals surface area contributed by atoms with E-state index >= 15 is 0 Å². The third-order valence-corrected chi connectivity index (χ3v) is 9.33. The summed E-state index contributed by atoms with van der Waals surface area (Å²) in [5.74, 6) is -1.19. The summed E-state index contributed by atoms with van der Waals surface area (Å²) in [6.45, 7) is 6.07. The average molecular weight is 597 g/mol. The largest absolute Gasteiger partial charge is 0.450 e. The zero-order valence-corrected chi connectivity index (χ0v) is 24.7. The highest BCUT2D eigenvalue weighted by Gasteiger charge is 2.66. The molecule has 2 aromatic heterocycles. The Bertz CT molecular complexity index is 2000. The van der Waals surface area contributed by atoms with Crippen LogP contribution in [0.1, 0.15) is 56.7 Å². The summed E-state index contributed by atoms with van der Waals surface area (Å²) in [4.78, 5) is 46.8. The van der Waals surface area contributed by atoms with Crippen LogP contribution in [0.25, 0.3) is 11.0 Å². The number of amides is 2. The van der Waals surface area contributed by atoms with E-state index in [-0.39, 0.29) is 23.0 Å². The summed E-state index contributed by atoms with van der Waals surface area (Å²) < 4.78 is 6.24. The predicted molar refractivity (Wildman–Crippen MR) is 163 cm³/mol. The molecule has 2 aliphatic heterocycles. The van der Waals surface area contributed by atoms with Gasteiger partial charge in [-0.2, -0.15) is 0 Å². The Morgan fingerprint density at radius 1 is 0.976 bits per heavy atom. The molecule has 1 unspecified atom stereocenters. The molecule has 210 valence electrons. The van der Waals surface area contributed by atoms with E-state index < -0.39 is 22.8 Å². The van der Waals surface area contributed by atoms with E-state index in [0.717, 1.165) is 28.1 Å². The van der Waals surface area contributed by atoms with Crippen LogP contribution in [-0.4, -0.2) is 22.0 Å². The average Bonchev–Trinajstić information content (AvgIpc) is 3.61. The highest BCUT2D eigenvalue weighted by molar-refractivity contribution is 7.15. The molecule has 0 bridgehead atoms. The molecular weight excluding hydrogens is 572 g/mol. The number of nitrogens with zero attached hydrogens (tertiary/aromatic N) is 4. The molecule has 0 saturated carbocycles. The SMILES string of the molecule is CCCc1nnc(N2C(=O)c3oc4cc(C)c(C)cc4c(=O)c3C23C(=O)N(Cc2ccc(Cl)cc2)c2ccccc23)s1. The van der Waals surface area contributed by atoms with E-state index in [1.807, 2.05) is 45.0 Å². The summed E-state index contributed by atoms with van der Waals surface area (Å²) in [7, 11) is 0. The van der Waals surface area contributed by atoms with Crippen LogP contribution >= 0.6 is 22.9 Å². The summed E-state index contributed by atoms with van der Waals surface area (Å²) in [6.07, 6.45) is 1.52. The number of carbonyl (C=O) groups excluding carboxylic acids is 2. The van der Waals surface area contributed by atoms with Gasteiger partial charge in [0.2, 0.25) is 10.9 Å². The van der Waals surface area contributed by atoms with Gasteiger partial charge in [-0.3, -0.25) is 19.3 Å². The number of hydrogen-bond acceptors (Lipinski definition) is 7. The smallest absolute Gasteiger partial charge is 0.297 e. The van der Waals surface area contributed by atoms with Crippen molar-refractivity contribution in [2.75, 3.05) is 9.80 Å². The summed E-state index contributed by atoms with van der Waals surface area (Å²) >= 11 is 7.37. The Morgan fingerprint density at radius 2 is 1.71 bits per heavy atom. The highest BCUT2D eigenvalue weighted by Crippen LogP contribution is 2.54. The lowest BCUT2D eigenvalue weighted by Crippen LogP contribution is -2.53. The first kappa shape index (κ1) is 26.6. The summed E-state index contributed by atoms with van der Waals surface area (Å²) in [6, 6.07) is 18.0. The van der Waals surface area contributed by atoms with Crippen molar-refractivity contribution in [3.05, 3.63) is 114 Å². The van der Waals surface area contributed by atoms with Crippen molar-refractivity contribution in [2.24, 2.45) is 0 Å². The first-order chi connectivity index (χ1) is 20.2. The van der Waals surface area contributed by atoms with E-state index in [2.05, 4.69) is 10.2 Å². The van der Waals surface area contributed by atoms with Crippen molar-refractivity contribution in [3.8, 4) is 0 Å². The molecule has 0 aliphatic carbocycles. The van der Waals surface area contributed by atoms with Gasteiger partial charge in [-0.15, -0.1) is 10.2 Å². The maximum Gasteiger partial charge on any atom is 0.297 e. The van der Waals surface area contributed by atoms with Gasteiger partial charge in [-0.1, -0.05) is 60.2 Å². The van der Waals surface area contributed by atoms with Crippen LogP contribution in [0.15, 0.2) is 69.9 Å². The second-order valence-electron chi connectivity index (χ2n) is 10.7. The van der Waals surface area contributed by atoms with Crippen LogP contribution in [0, 0.1) is 13.8 Å². The molecule has 0 N–H and O–H groups in total. The summed E-state index contributed by atoms with van der Waals surface area (Å²) in [5.41, 5.74) is 1.85. The van der Waals surface area contributed by atoms with E-state index in [1.165, 1.54) is 16.2 Å². The van der Waals surface area contributed by atoms with Crippen LogP contribution in [-0.2, 0) is 23.3 Å². The van der Waals surface area contributed by atoms with Crippen LogP contribution in [0.2, 0.25) is 5.02 Å². The number of anilines is 2. The lowest BCUT2D eigenvalue weighted by Gasteiger charge is -2.32. The molecule has 1 atom stereocenters. The minimum absolute atomic E-state index is 0.00607. The molecule has 1 spiro atoms. The zero-order valence-electron chi connectivity index (χ0n) is 23.1. The van der Waals surface area contributed by atoms with E-state index in [4.69, 9.17) is 16.0 Å². The van der Waals surface area contributed by atoms with Crippen molar-refractivity contribution in [1.29, 1.82) is 0 Å². The number of halogens is 1. The minimum atomic E-state index is -1.81. The van der Waals surface area contributed by atoms with Crippen molar-refractivity contribution < 1.29 is 14.0 Å². The molecule has 8 nitrogen and oxygen atoms in total. The third-order valence-electron chi connectivity index (χ3n) is 8.11. The van der Waals surface area contributed by atoms with Crippen LogP contribution in [0.3, 0.4) is 0 Å². The molecular formula is C32H25ClN4O4S. The van der Waals surface area contributed by atoms with Crippen LogP contribution in [0.5, 0.6) is 0 Å². The molecule has 0 saturated heterocycles. The van der Waals surface area contributed by atoms with Crippen molar-refractivity contribution in [3.63, 3.8) is 0 Å². The Morgan fingerprint density at radius 3 is 2.48 bits per heavy atom. The van der Waals surface area contributed by atoms with Gasteiger partial charge >= 0.3 is 0 Å². The van der Waals surface area contributed by atoms with E-state index in [1.54, 1.807) is 41.3 Å². The van der Waals surface area contributed by atoms with Gasteiger partial charge < -0.3 is 9.32 Å². The normalized spacial score (nSPS) is 17.5. The molecule has 4 heterocycles. The van der Waals surface area contributed by atoms with Gasteiger partial charge in [0.15, 0.2) is 11.0 Å². The molecule has 2 aliphatic rings. The summed E-state index contributed by atoms with van der Waals surface area (Å²) in [5, 5.41) is 10.5. The van der Waals surface area contributed by atoms with Gasteiger partial charge in [0.1, 0.15) is 10.6 Å². The number of aromatic nitrogens is 2. The molecule has 3 aromatic carbocycles. The second kappa shape index (κ2) is 9.61. The van der Waals surface area contributed by atoms with Crippen LogP contribution in [0.4, 0.5) is 10.8 Å². The molecule has 0 fully saturated rings. The first-order valence-corrected chi connectivity index (χ1v) is 14.9. The standard InChI is InChI=1S/C32H25ClN4O4S/c1-4-7-25-34-35-31(42-25)37-29(39)28-26(27(38)21-14-17(2)18(3)15-24(21)41-28)32(37)22-8-5-6-9-23(22)36(30(32)40)16-19-10-12-20(33)13-11-19/h5-6,8-15H,4,7,16H2,1-3H3. The number of hydrogen-bond donors (Lipinski definition) is 0. The zero-order chi connectivity index (χ0) is 29.3. The Hall–Kier alpha value is -4.34. The van der Waals surface area contributed by atoms with Crippen molar-refractivity contribution in [2.45, 2.75) is 45.7 Å². The Kier molecular flexibility index (Phi) is 6.07. The number of aryl methyl sites for hydroxylation is 3. The maximum absolute atomic E-state index is 15.0. The van der Waals surface area contributed by atoms with Gasteiger partial charge in [0, 0.05) is 17.0 Å². The number of carbonyl (C=O) groups is 2. The fourth-order valence-corrected chi connectivity index (χ4v) is 7.11. The maximum atomic E-state index is 15.0. The molecule has 7 rings (SSSR count). The number of para-hydroxylation sites is 1. The highest BCUT2D eigenvalue weighted by atomic mass is 35.5. The second-order valence-corrected chi connectivity index (χ2v) is 12.2. The van der Waals surface area contributed by atoms with Gasteiger partial charge in [0.25, 0.3) is 11.8 Å². The fraction of sp³-hybridized carbons (Fsp3) is 0.219. The molecule has 10 heteroatoms. The Labute approximate surface area is 250 Å². The third kappa shape index (κ3) is 3.63. The quantitative estimate of drug-likeness (QED) is 0.236. The number of rotatable bonds is 5. The minimum Gasteiger partial charge on any atom is -0.450 e. The number of fused-ring (bicyclic) bond motifs is 5. The topological polar surface area (TPSA) is 96.6 Å². The van der Waals surface area contributed by atoms with Gasteiger partial charge in [-0.25, -0.2) is 0 Å². The lowest BCUT2D eigenvalue weighted by molar-refractivity contribution is -0.121. The van der Waals surface area contributed by atoms with Crippen molar-refractivity contribution in [1.82, 2.24) is 10.2 Å². The molecule has 2 amide bonds. The number of benzene rings is 3. The van der Waals surface area contributed by atoms with Gasteiger partial charge in [-0.05, 0) is 67.3 Å².